The highest BCUT2D eigenvalue weighted by Gasteiger charge is 2.07. The van der Waals surface area contributed by atoms with Crippen molar-refractivity contribution in [2.45, 2.75) is 6.54 Å². The fraction of sp³-hybridized carbons (Fsp3) is 0.188. The van der Waals surface area contributed by atoms with E-state index >= 15 is 0 Å². The smallest absolute Gasteiger partial charge is 0.255 e. The molecule has 0 saturated carbocycles. The Balaban J connectivity index is 2.02. The molecule has 1 amide bonds. The first-order valence-corrected chi connectivity index (χ1v) is 7.03. The second-order valence-electron chi connectivity index (χ2n) is 4.60. The molecule has 0 bridgehead atoms. The Morgan fingerprint density at radius 1 is 1.18 bits per heavy atom. The molecule has 2 aromatic rings. The lowest BCUT2D eigenvalue weighted by molar-refractivity contribution is -0.119. The van der Waals surface area contributed by atoms with E-state index in [0.717, 1.165) is 11.3 Å². The minimum atomic E-state index is -0.532. The molecule has 0 aliphatic heterocycles. The molecule has 116 valence electrons. The first-order valence-electron chi connectivity index (χ1n) is 6.66. The number of carbonyl (C=O) groups is 1. The zero-order chi connectivity index (χ0) is 15.9. The van der Waals surface area contributed by atoms with Crippen molar-refractivity contribution >= 4 is 23.2 Å². The second kappa shape index (κ2) is 7.56. The highest BCUT2D eigenvalue weighted by Crippen LogP contribution is 2.28. The monoisotopic (exact) mass is 320 g/mol. The Labute approximate surface area is 134 Å². The van der Waals surface area contributed by atoms with Gasteiger partial charge in [0.25, 0.3) is 5.91 Å². The molecule has 0 spiro atoms. The third kappa shape index (κ3) is 4.56. The van der Waals surface area contributed by atoms with Crippen LogP contribution in [0.4, 0.5) is 5.69 Å². The van der Waals surface area contributed by atoms with E-state index < -0.39 is 5.91 Å². The average molecular weight is 321 g/mol. The fourth-order valence-electron chi connectivity index (χ4n) is 1.86. The Hall–Kier alpha value is -2.40. The van der Waals surface area contributed by atoms with Crippen molar-refractivity contribution in [3.63, 3.8) is 0 Å². The largest absolute Gasteiger partial charge is 0.493 e. The molecule has 22 heavy (non-hydrogen) atoms. The van der Waals surface area contributed by atoms with Crippen LogP contribution in [0.2, 0.25) is 5.02 Å². The van der Waals surface area contributed by atoms with E-state index in [0.29, 0.717) is 23.1 Å². The van der Waals surface area contributed by atoms with Gasteiger partial charge in [-0.25, -0.2) is 0 Å². The van der Waals surface area contributed by atoms with Crippen LogP contribution in [0.25, 0.3) is 0 Å². The maximum atomic E-state index is 10.8. The van der Waals surface area contributed by atoms with Gasteiger partial charge in [-0.05, 0) is 42.0 Å². The molecule has 2 aromatic carbocycles. The van der Waals surface area contributed by atoms with Crippen LogP contribution in [0, 0.1) is 0 Å². The van der Waals surface area contributed by atoms with Crippen molar-refractivity contribution in [1.82, 2.24) is 0 Å². The molecule has 0 unspecified atom stereocenters. The number of nitrogens with two attached hydrogens (primary N) is 1. The minimum Gasteiger partial charge on any atom is -0.493 e. The summed E-state index contributed by atoms with van der Waals surface area (Å²) in [4.78, 5) is 10.8. The van der Waals surface area contributed by atoms with Crippen LogP contribution >= 0.6 is 11.6 Å². The third-order valence-corrected chi connectivity index (χ3v) is 3.19. The van der Waals surface area contributed by atoms with Crippen molar-refractivity contribution < 1.29 is 14.3 Å². The van der Waals surface area contributed by atoms with Crippen molar-refractivity contribution in [1.29, 1.82) is 0 Å². The van der Waals surface area contributed by atoms with E-state index in [2.05, 4.69) is 5.32 Å². The second-order valence-corrected chi connectivity index (χ2v) is 5.04. The van der Waals surface area contributed by atoms with E-state index in [1.165, 1.54) is 0 Å². The molecule has 5 nitrogen and oxygen atoms in total. The van der Waals surface area contributed by atoms with Gasteiger partial charge >= 0.3 is 0 Å². The first-order chi connectivity index (χ1) is 10.6. The summed E-state index contributed by atoms with van der Waals surface area (Å²) < 4.78 is 10.5. The number of nitrogens with one attached hydrogen (secondary N) is 1. The summed E-state index contributed by atoms with van der Waals surface area (Å²) in [6.45, 7) is 0.437. The Kier molecular flexibility index (Phi) is 5.49. The number of hydrogen-bond donors (Lipinski definition) is 2. The highest BCUT2D eigenvalue weighted by atomic mass is 35.5. The summed E-state index contributed by atoms with van der Waals surface area (Å²) in [6.07, 6.45) is 0. The number of primary amides is 1. The number of benzene rings is 2. The number of anilines is 1. The SMILES string of the molecule is COc1cc(CNc2ccc(Cl)cc2)ccc1OCC(N)=O. The molecule has 0 heterocycles. The predicted molar refractivity (Wildman–Crippen MR) is 86.5 cm³/mol. The molecule has 3 N–H and O–H groups in total. The van der Waals surface area contributed by atoms with Crippen LogP contribution in [0.15, 0.2) is 42.5 Å². The van der Waals surface area contributed by atoms with E-state index in [4.69, 9.17) is 26.8 Å². The molecule has 0 saturated heterocycles. The van der Waals surface area contributed by atoms with E-state index in [1.54, 1.807) is 13.2 Å². The van der Waals surface area contributed by atoms with Crippen LogP contribution in [-0.2, 0) is 11.3 Å². The number of halogens is 1. The maximum absolute atomic E-state index is 10.8. The zero-order valence-corrected chi connectivity index (χ0v) is 12.9. The summed E-state index contributed by atoms with van der Waals surface area (Å²) in [7, 11) is 1.54. The Morgan fingerprint density at radius 3 is 2.55 bits per heavy atom. The number of ether oxygens (including phenoxy) is 2. The summed E-state index contributed by atoms with van der Waals surface area (Å²) in [5.41, 5.74) is 7.04. The van der Waals surface area contributed by atoms with Gasteiger partial charge in [0.2, 0.25) is 0 Å². The lowest BCUT2D eigenvalue weighted by Crippen LogP contribution is -2.20. The van der Waals surface area contributed by atoms with Gasteiger partial charge in [-0.3, -0.25) is 4.79 Å². The predicted octanol–water partition coefficient (Wildman–Crippen LogP) is 2.82. The molecule has 6 heteroatoms. The molecule has 0 aliphatic rings. The first kappa shape index (κ1) is 16.0. The third-order valence-electron chi connectivity index (χ3n) is 2.94. The van der Waals surface area contributed by atoms with Crippen LogP contribution in [0.3, 0.4) is 0 Å². The van der Waals surface area contributed by atoms with Gasteiger partial charge in [-0.2, -0.15) is 0 Å². The van der Waals surface area contributed by atoms with Gasteiger partial charge in [0, 0.05) is 17.3 Å². The molecule has 0 aromatic heterocycles. The van der Waals surface area contributed by atoms with Crippen LogP contribution in [-0.4, -0.2) is 19.6 Å². The molecular weight excluding hydrogens is 304 g/mol. The van der Waals surface area contributed by atoms with E-state index in [1.807, 2.05) is 36.4 Å². The Bertz CT molecular complexity index is 644. The lowest BCUT2D eigenvalue weighted by atomic mass is 10.2. The minimum absolute atomic E-state index is 0.182. The summed E-state index contributed by atoms with van der Waals surface area (Å²) >= 11 is 5.85. The van der Waals surface area contributed by atoms with Crippen molar-refractivity contribution in [2.75, 3.05) is 19.0 Å². The summed E-state index contributed by atoms with van der Waals surface area (Å²) in [5, 5.41) is 3.98. The number of rotatable bonds is 7. The van der Waals surface area contributed by atoms with Gasteiger partial charge in [0.15, 0.2) is 18.1 Å². The normalized spacial score (nSPS) is 10.1. The fourth-order valence-corrected chi connectivity index (χ4v) is 1.99. The van der Waals surface area contributed by atoms with Gasteiger partial charge in [-0.15, -0.1) is 0 Å². The highest BCUT2D eigenvalue weighted by molar-refractivity contribution is 6.30. The number of carbonyl (C=O) groups excluding carboxylic acids is 1. The number of hydrogen-bond acceptors (Lipinski definition) is 4. The molecule has 0 aliphatic carbocycles. The van der Waals surface area contributed by atoms with Gasteiger partial charge in [-0.1, -0.05) is 17.7 Å². The van der Waals surface area contributed by atoms with Crippen LogP contribution < -0.4 is 20.5 Å². The van der Waals surface area contributed by atoms with E-state index in [9.17, 15) is 4.79 Å². The molecule has 0 atom stereocenters. The van der Waals surface area contributed by atoms with Crippen molar-refractivity contribution in [3.8, 4) is 11.5 Å². The molecule has 2 rings (SSSR count). The van der Waals surface area contributed by atoms with Crippen molar-refractivity contribution in [2.24, 2.45) is 5.73 Å². The van der Waals surface area contributed by atoms with Crippen LogP contribution in [0.1, 0.15) is 5.56 Å². The zero-order valence-electron chi connectivity index (χ0n) is 12.1. The quantitative estimate of drug-likeness (QED) is 0.822. The number of methoxy groups -OCH3 is 1. The lowest BCUT2D eigenvalue weighted by Gasteiger charge is -2.12. The van der Waals surface area contributed by atoms with E-state index in [-0.39, 0.29) is 6.61 Å². The summed E-state index contributed by atoms with van der Waals surface area (Å²) in [6, 6.07) is 13.0. The average Bonchev–Trinajstić information content (AvgIpc) is 2.52. The topological polar surface area (TPSA) is 73.6 Å². The van der Waals surface area contributed by atoms with Gasteiger partial charge < -0.3 is 20.5 Å². The maximum Gasteiger partial charge on any atom is 0.255 e. The molecular formula is C16H17ClN2O3. The van der Waals surface area contributed by atoms with Crippen LogP contribution in [0.5, 0.6) is 11.5 Å². The standard InChI is InChI=1S/C16H17ClN2O3/c1-21-15-8-11(2-7-14(15)22-10-16(18)20)9-19-13-5-3-12(17)4-6-13/h2-8,19H,9-10H2,1H3,(H2,18,20). The van der Waals surface area contributed by atoms with Gasteiger partial charge in [0.05, 0.1) is 7.11 Å². The Morgan fingerprint density at radius 2 is 1.91 bits per heavy atom. The molecule has 0 fully saturated rings. The van der Waals surface area contributed by atoms with Gasteiger partial charge in [0.1, 0.15) is 0 Å². The molecule has 0 radical (unpaired) electrons. The number of amides is 1. The summed E-state index contributed by atoms with van der Waals surface area (Å²) in [5.74, 6) is 0.503. The van der Waals surface area contributed by atoms with Crippen molar-refractivity contribution in [3.05, 3.63) is 53.1 Å².